The van der Waals surface area contributed by atoms with E-state index in [-0.39, 0.29) is 0 Å². The summed E-state index contributed by atoms with van der Waals surface area (Å²) < 4.78 is 0. The summed E-state index contributed by atoms with van der Waals surface area (Å²) >= 11 is 0. The zero-order valence-corrected chi connectivity index (χ0v) is 14.2. The summed E-state index contributed by atoms with van der Waals surface area (Å²) in [5.74, 6) is 0. The van der Waals surface area contributed by atoms with Crippen LogP contribution in [-0.2, 0) is 6.42 Å². The van der Waals surface area contributed by atoms with Crippen molar-refractivity contribution in [1.82, 2.24) is 9.80 Å². The Morgan fingerprint density at radius 1 is 0.955 bits per heavy atom. The standard InChI is InChI=1S/C20H32N2/c1-18(10-11-19-8-4-2-5-9-19)21-16-12-20(13-17-21)22-14-6-3-7-15-22/h2,4-5,8-9,18,20H,3,6-7,10-17H2,1H3. The van der Waals surface area contributed by atoms with Gasteiger partial charge in [0.25, 0.3) is 0 Å². The second kappa shape index (κ2) is 8.12. The van der Waals surface area contributed by atoms with Crippen LogP contribution in [0, 0.1) is 0 Å². The number of hydrogen-bond donors (Lipinski definition) is 0. The number of aryl methyl sites for hydroxylation is 1. The van der Waals surface area contributed by atoms with Crippen molar-refractivity contribution in [2.24, 2.45) is 0 Å². The molecule has 2 nitrogen and oxygen atoms in total. The molecule has 0 N–H and O–H groups in total. The lowest BCUT2D eigenvalue weighted by Gasteiger charge is -2.42. The van der Waals surface area contributed by atoms with E-state index < -0.39 is 0 Å². The molecule has 1 unspecified atom stereocenters. The first kappa shape index (κ1) is 16.0. The number of hydrogen-bond acceptors (Lipinski definition) is 2. The van der Waals surface area contributed by atoms with Gasteiger partial charge in [-0.25, -0.2) is 0 Å². The molecule has 2 fully saturated rings. The molecule has 0 aliphatic carbocycles. The smallest absolute Gasteiger partial charge is 0.0120 e. The van der Waals surface area contributed by atoms with E-state index in [4.69, 9.17) is 0 Å². The maximum atomic E-state index is 2.77. The number of piperidine rings is 2. The molecule has 2 aliphatic heterocycles. The lowest BCUT2D eigenvalue weighted by molar-refractivity contribution is 0.0741. The zero-order valence-electron chi connectivity index (χ0n) is 14.2. The lowest BCUT2D eigenvalue weighted by Crippen LogP contribution is -2.48. The normalized spacial score (nSPS) is 23.5. The van der Waals surface area contributed by atoms with Crippen molar-refractivity contribution in [3.8, 4) is 0 Å². The summed E-state index contributed by atoms with van der Waals surface area (Å²) in [6.45, 7) is 7.74. The van der Waals surface area contributed by atoms with Crippen LogP contribution in [0.2, 0.25) is 0 Å². The maximum Gasteiger partial charge on any atom is 0.0120 e. The van der Waals surface area contributed by atoms with Crippen molar-refractivity contribution in [3.05, 3.63) is 35.9 Å². The van der Waals surface area contributed by atoms with Gasteiger partial charge in [-0.2, -0.15) is 0 Å². The quantitative estimate of drug-likeness (QED) is 0.812. The van der Waals surface area contributed by atoms with Crippen LogP contribution >= 0.6 is 0 Å². The number of nitrogens with zero attached hydrogens (tertiary/aromatic N) is 2. The minimum atomic E-state index is 0.725. The monoisotopic (exact) mass is 300 g/mol. The van der Waals surface area contributed by atoms with Crippen LogP contribution < -0.4 is 0 Å². The third-order valence-electron chi connectivity index (χ3n) is 5.72. The van der Waals surface area contributed by atoms with Gasteiger partial charge in [-0.1, -0.05) is 36.8 Å². The van der Waals surface area contributed by atoms with E-state index in [9.17, 15) is 0 Å². The van der Waals surface area contributed by atoms with Gasteiger partial charge in [-0.05, 0) is 77.2 Å². The SMILES string of the molecule is CC(CCc1ccccc1)N1CCC(N2CCCCC2)CC1. The molecule has 2 saturated heterocycles. The molecule has 1 atom stereocenters. The van der Waals surface area contributed by atoms with Gasteiger partial charge < -0.3 is 9.80 Å². The summed E-state index contributed by atoms with van der Waals surface area (Å²) in [5.41, 5.74) is 1.48. The molecule has 22 heavy (non-hydrogen) atoms. The van der Waals surface area contributed by atoms with E-state index in [2.05, 4.69) is 47.1 Å². The van der Waals surface area contributed by atoms with Crippen molar-refractivity contribution < 1.29 is 0 Å². The number of likely N-dealkylation sites (tertiary alicyclic amines) is 2. The Labute approximate surface area is 136 Å². The molecule has 122 valence electrons. The summed E-state index contributed by atoms with van der Waals surface area (Å²) in [6.07, 6.45) is 9.57. The van der Waals surface area contributed by atoms with Crippen molar-refractivity contribution in [1.29, 1.82) is 0 Å². The number of benzene rings is 1. The average Bonchev–Trinajstić information content (AvgIpc) is 2.61. The van der Waals surface area contributed by atoms with Crippen LogP contribution in [0.4, 0.5) is 0 Å². The lowest BCUT2D eigenvalue weighted by atomic mass is 9.97. The van der Waals surface area contributed by atoms with Gasteiger partial charge in [0, 0.05) is 12.1 Å². The summed E-state index contributed by atoms with van der Waals surface area (Å²) in [7, 11) is 0. The van der Waals surface area contributed by atoms with Gasteiger partial charge >= 0.3 is 0 Å². The molecule has 2 aliphatic rings. The topological polar surface area (TPSA) is 6.48 Å². The van der Waals surface area contributed by atoms with E-state index in [1.165, 1.54) is 76.7 Å². The van der Waals surface area contributed by atoms with E-state index in [1.807, 2.05) is 0 Å². The fourth-order valence-electron chi connectivity index (χ4n) is 4.18. The van der Waals surface area contributed by atoms with E-state index in [0.29, 0.717) is 0 Å². The van der Waals surface area contributed by atoms with Crippen molar-refractivity contribution in [3.63, 3.8) is 0 Å². The van der Waals surface area contributed by atoms with Gasteiger partial charge in [0.15, 0.2) is 0 Å². The third-order valence-corrected chi connectivity index (χ3v) is 5.72. The van der Waals surface area contributed by atoms with E-state index in [0.717, 1.165) is 12.1 Å². The first-order chi connectivity index (χ1) is 10.8. The molecule has 1 aromatic rings. The molecule has 2 heteroatoms. The minimum absolute atomic E-state index is 0.725. The Morgan fingerprint density at radius 3 is 2.32 bits per heavy atom. The first-order valence-electron chi connectivity index (χ1n) is 9.35. The molecule has 1 aromatic carbocycles. The largest absolute Gasteiger partial charge is 0.301 e. The van der Waals surface area contributed by atoms with Gasteiger partial charge in [0.1, 0.15) is 0 Å². The highest BCUT2D eigenvalue weighted by atomic mass is 15.2. The van der Waals surface area contributed by atoms with Crippen LogP contribution in [0.25, 0.3) is 0 Å². The van der Waals surface area contributed by atoms with Crippen LogP contribution in [0.5, 0.6) is 0 Å². The fourth-order valence-corrected chi connectivity index (χ4v) is 4.18. The zero-order chi connectivity index (χ0) is 15.2. The molecule has 0 bridgehead atoms. The molecule has 3 rings (SSSR count). The predicted molar refractivity (Wildman–Crippen MR) is 94.2 cm³/mol. The molecule has 2 heterocycles. The Morgan fingerprint density at radius 2 is 1.64 bits per heavy atom. The van der Waals surface area contributed by atoms with Crippen LogP contribution in [0.3, 0.4) is 0 Å². The summed E-state index contributed by atoms with van der Waals surface area (Å²) in [5, 5.41) is 0. The molecular formula is C20H32N2. The molecule has 0 radical (unpaired) electrons. The highest BCUT2D eigenvalue weighted by molar-refractivity contribution is 5.14. The highest BCUT2D eigenvalue weighted by Gasteiger charge is 2.27. The van der Waals surface area contributed by atoms with Crippen LogP contribution in [0.1, 0.15) is 51.0 Å². The maximum absolute atomic E-state index is 2.77. The van der Waals surface area contributed by atoms with Gasteiger partial charge in [0.05, 0.1) is 0 Å². The predicted octanol–water partition coefficient (Wildman–Crippen LogP) is 3.96. The van der Waals surface area contributed by atoms with E-state index in [1.54, 1.807) is 0 Å². The average molecular weight is 300 g/mol. The first-order valence-corrected chi connectivity index (χ1v) is 9.35. The molecular weight excluding hydrogens is 268 g/mol. The van der Waals surface area contributed by atoms with Crippen LogP contribution in [0.15, 0.2) is 30.3 Å². The second-order valence-electron chi connectivity index (χ2n) is 7.24. The minimum Gasteiger partial charge on any atom is -0.301 e. The molecule has 0 aromatic heterocycles. The van der Waals surface area contributed by atoms with Crippen molar-refractivity contribution in [2.75, 3.05) is 26.2 Å². The van der Waals surface area contributed by atoms with Crippen molar-refractivity contribution in [2.45, 2.75) is 64.0 Å². The number of rotatable bonds is 5. The van der Waals surface area contributed by atoms with Gasteiger partial charge in [-0.15, -0.1) is 0 Å². The fraction of sp³-hybridized carbons (Fsp3) is 0.700. The second-order valence-corrected chi connectivity index (χ2v) is 7.24. The molecule has 0 saturated carbocycles. The molecule has 0 spiro atoms. The summed E-state index contributed by atoms with van der Waals surface area (Å²) in [4.78, 5) is 5.50. The van der Waals surface area contributed by atoms with E-state index >= 15 is 0 Å². The summed E-state index contributed by atoms with van der Waals surface area (Å²) in [6, 6.07) is 12.5. The Balaban J connectivity index is 1.40. The Bertz CT molecular complexity index is 417. The molecule has 0 amide bonds. The Hall–Kier alpha value is -0.860. The highest BCUT2D eigenvalue weighted by Crippen LogP contribution is 2.23. The van der Waals surface area contributed by atoms with Gasteiger partial charge in [0.2, 0.25) is 0 Å². The van der Waals surface area contributed by atoms with Gasteiger partial charge in [-0.3, -0.25) is 0 Å². The van der Waals surface area contributed by atoms with Crippen LogP contribution in [-0.4, -0.2) is 48.1 Å². The third kappa shape index (κ3) is 4.33. The van der Waals surface area contributed by atoms with Crippen molar-refractivity contribution >= 4 is 0 Å². The Kier molecular flexibility index (Phi) is 5.91.